The van der Waals surface area contributed by atoms with Gasteiger partial charge in [0.25, 0.3) is 0 Å². The minimum absolute atomic E-state index is 0.159. The van der Waals surface area contributed by atoms with Gasteiger partial charge in [0.1, 0.15) is 11.3 Å². The zero-order chi connectivity index (χ0) is 15.0. The van der Waals surface area contributed by atoms with E-state index >= 15 is 0 Å². The van der Waals surface area contributed by atoms with Crippen molar-refractivity contribution in [3.8, 4) is 5.88 Å². The second-order valence-corrected chi connectivity index (χ2v) is 4.60. The van der Waals surface area contributed by atoms with E-state index < -0.39 is 0 Å². The number of anilines is 1. The van der Waals surface area contributed by atoms with Crippen LogP contribution in [0.25, 0.3) is 0 Å². The Hall–Kier alpha value is -2.89. The number of para-hydroxylation sites is 1. The number of hydrogen-bond donors (Lipinski definition) is 1. The van der Waals surface area contributed by atoms with Gasteiger partial charge < -0.3 is 10.1 Å². The smallest absolute Gasteiger partial charge is 0.244 e. The van der Waals surface area contributed by atoms with Gasteiger partial charge in [0, 0.05) is 18.8 Å². The molecule has 106 valence electrons. The van der Waals surface area contributed by atoms with Crippen LogP contribution < -0.4 is 10.1 Å². The van der Waals surface area contributed by atoms with Crippen LogP contribution in [0.4, 0.5) is 5.69 Å². The predicted molar refractivity (Wildman–Crippen MR) is 76.6 cm³/mol. The topological polar surface area (TPSA) is 73.2 Å². The lowest BCUT2D eigenvalue weighted by Gasteiger charge is -2.14. The van der Waals surface area contributed by atoms with Crippen LogP contribution in [0.5, 0.6) is 5.88 Å². The molecule has 0 spiro atoms. The van der Waals surface area contributed by atoms with Gasteiger partial charge in [-0.15, -0.1) is 5.10 Å². The minimum atomic E-state index is -0.307. The van der Waals surface area contributed by atoms with E-state index in [-0.39, 0.29) is 34.4 Å². The highest BCUT2D eigenvalue weighted by Crippen LogP contribution is 2.29. The van der Waals surface area contributed by atoms with Gasteiger partial charge >= 0.3 is 0 Å². The predicted octanol–water partition coefficient (Wildman–Crippen LogP) is 1.80. The lowest BCUT2D eigenvalue weighted by Crippen LogP contribution is -2.22. The first kappa shape index (κ1) is 13.1. The number of carbonyl (C=O) groups excluding carboxylic acids is 2. The van der Waals surface area contributed by atoms with Gasteiger partial charge in [0.05, 0.1) is 12.8 Å². The van der Waals surface area contributed by atoms with E-state index in [4.69, 9.17) is 4.74 Å². The summed E-state index contributed by atoms with van der Waals surface area (Å²) >= 11 is 0. The molecular weight excluding hydrogens is 270 g/mol. The van der Waals surface area contributed by atoms with Crippen LogP contribution in [0.1, 0.15) is 20.8 Å². The number of fused-ring (bicyclic) bond motifs is 1. The third-order valence-corrected chi connectivity index (χ3v) is 3.24. The van der Waals surface area contributed by atoms with Crippen molar-refractivity contribution in [2.75, 3.05) is 12.4 Å². The fourth-order valence-corrected chi connectivity index (χ4v) is 2.30. The standard InChI is InChI=1S/C15H13N3O3/c1-18-13-11(19)8-10(16-9-6-4-3-5-7-9)14(20)12(13)15(17-18)21-2/h3-8,16H,1-2H3. The maximum absolute atomic E-state index is 12.5. The molecule has 0 fully saturated rings. The van der Waals surface area contributed by atoms with Crippen LogP contribution in [0.2, 0.25) is 0 Å². The van der Waals surface area contributed by atoms with Crippen LogP contribution in [0.3, 0.4) is 0 Å². The molecule has 1 heterocycles. The fourth-order valence-electron chi connectivity index (χ4n) is 2.30. The second kappa shape index (κ2) is 4.90. The lowest BCUT2D eigenvalue weighted by atomic mass is 9.98. The molecule has 0 atom stereocenters. The molecule has 1 N–H and O–H groups in total. The third-order valence-electron chi connectivity index (χ3n) is 3.24. The molecule has 6 nitrogen and oxygen atoms in total. The van der Waals surface area contributed by atoms with E-state index in [1.807, 2.05) is 30.3 Å². The minimum Gasteiger partial charge on any atom is -0.479 e. The van der Waals surface area contributed by atoms with Gasteiger partial charge in [0.2, 0.25) is 17.4 Å². The summed E-state index contributed by atoms with van der Waals surface area (Å²) in [6.45, 7) is 0. The van der Waals surface area contributed by atoms with E-state index in [1.165, 1.54) is 17.9 Å². The molecule has 0 bridgehead atoms. The molecular formula is C15H13N3O3. The number of nitrogens with zero attached hydrogens (tertiary/aromatic N) is 2. The highest BCUT2D eigenvalue weighted by atomic mass is 16.5. The summed E-state index contributed by atoms with van der Waals surface area (Å²) in [7, 11) is 3.03. The number of aromatic nitrogens is 2. The van der Waals surface area contributed by atoms with Crippen molar-refractivity contribution in [3.63, 3.8) is 0 Å². The van der Waals surface area contributed by atoms with E-state index in [0.29, 0.717) is 0 Å². The summed E-state index contributed by atoms with van der Waals surface area (Å²) in [5, 5.41) is 7.01. The molecule has 0 saturated heterocycles. The number of nitrogens with one attached hydrogen (secondary N) is 1. The molecule has 2 aromatic rings. The van der Waals surface area contributed by atoms with Crippen molar-refractivity contribution in [1.82, 2.24) is 9.78 Å². The number of Topliss-reactive ketones (excluding diaryl/α,β-unsaturated/α-hetero) is 1. The van der Waals surface area contributed by atoms with Crippen LogP contribution >= 0.6 is 0 Å². The Morgan fingerprint density at radius 2 is 1.90 bits per heavy atom. The molecule has 0 amide bonds. The van der Waals surface area contributed by atoms with Crippen molar-refractivity contribution in [1.29, 1.82) is 0 Å². The maximum atomic E-state index is 12.5. The van der Waals surface area contributed by atoms with Crippen molar-refractivity contribution in [3.05, 3.63) is 53.4 Å². The van der Waals surface area contributed by atoms with Crippen molar-refractivity contribution in [2.24, 2.45) is 7.05 Å². The molecule has 6 heteroatoms. The summed E-state index contributed by atoms with van der Waals surface area (Å²) in [6.07, 6.45) is 1.29. The molecule has 0 aliphatic heterocycles. The molecule has 3 rings (SSSR count). The van der Waals surface area contributed by atoms with Crippen LogP contribution in [0, 0.1) is 0 Å². The summed E-state index contributed by atoms with van der Waals surface area (Å²) in [4.78, 5) is 24.7. The van der Waals surface area contributed by atoms with Gasteiger partial charge in [0.15, 0.2) is 0 Å². The number of ketones is 2. The number of ether oxygens (including phenoxy) is 1. The number of methoxy groups -OCH3 is 1. The zero-order valence-electron chi connectivity index (χ0n) is 11.6. The first-order valence-corrected chi connectivity index (χ1v) is 6.35. The fraction of sp³-hybridized carbons (Fsp3) is 0.133. The lowest BCUT2D eigenvalue weighted by molar-refractivity contribution is 0.0979. The van der Waals surface area contributed by atoms with Gasteiger partial charge in [-0.1, -0.05) is 18.2 Å². The highest BCUT2D eigenvalue weighted by molar-refractivity contribution is 6.25. The molecule has 0 radical (unpaired) electrons. The number of carbonyl (C=O) groups is 2. The van der Waals surface area contributed by atoms with E-state index in [1.54, 1.807) is 7.05 Å². The Labute approximate surface area is 121 Å². The number of hydrogen-bond acceptors (Lipinski definition) is 5. The third kappa shape index (κ3) is 2.10. The number of allylic oxidation sites excluding steroid dienone is 2. The number of rotatable bonds is 3. The SMILES string of the molecule is COc1nn(C)c2c1C(=O)C(Nc1ccccc1)=CC2=O. The van der Waals surface area contributed by atoms with Crippen LogP contribution in [-0.2, 0) is 7.05 Å². The van der Waals surface area contributed by atoms with Crippen molar-refractivity contribution in [2.45, 2.75) is 0 Å². The quantitative estimate of drug-likeness (QED) is 0.930. The average Bonchev–Trinajstić information content (AvgIpc) is 2.83. The van der Waals surface area contributed by atoms with Crippen LogP contribution in [0.15, 0.2) is 42.1 Å². The Balaban J connectivity index is 2.02. The highest BCUT2D eigenvalue weighted by Gasteiger charge is 2.33. The largest absolute Gasteiger partial charge is 0.479 e. The molecule has 1 aliphatic rings. The van der Waals surface area contributed by atoms with E-state index in [9.17, 15) is 9.59 Å². The molecule has 1 aromatic heterocycles. The Morgan fingerprint density at radius 3 is 2.57 bits per heavy atom. The zero-order valence-corrected chi connectivity index (χ0v) is 11.6. The van der Waals surface area contributed by atoms with Crippen molar-refractivity contribution >= 4 is 17.3 Å². The molecule has 1 aromatic carbocycles. The first-order chi connectivity index (χ1) is 10.1. The molecule has 21 heavy (non-hydrogen) atoms. The van der Waals surface area contributed by atoms with Gasteiger partial charge in [-0.05, 0) is 12.1 Å². The summed E-state index contributed by atoms with van der Waals surface area (Å²) < 4.78 is 6.46. The molecule has 0 unspecified atom stereocenters. The maximum Gasteiger partial charge on any atom is 0.244 e. The van der Waals surface area contributed by atoms with Gasteiger partial charge in [-0.2, -0.15) is 0 Å². The number of benzene rings is 1. The van der Waals surface area contributed by atoms with Crippen LogP contribution in [-0.4, -0.2) is 28.5 Å². The molecule has 0 saturated carbocycles. The summed E-state index contributed by atoms with van der Waals surface area (Å²) in [6, 6.07) is 9.18. The van der Waals surface area contributed by atoms with Gasteiger partial charge in [-0.3, -0.25) is 14.3 Å². The first-order valence-electron chi connectivity index (χ1n) is 6.35. The number of aryl methyl sites for hydroxylation is 1. The Morgan fingerprint density at radius 1 is 1.19 bits per heavy atom. The monoisotopic (exact) mass is 283 g/mol. The van der Waals surface area contributed by atoms with E-state index in [2.05, 4.69) is 10.4 Å². The Kier molecular flexibility index (Phi) is 3.06. The normalized spacial score (nSPS) is 13.7. The average molecular weight is 283 g/mol. The molecule has 1 aliphatic carbocycles. The summed E-state index contributed by atoms with van der Waals surface area (Å²) in [5.41, 5.74) is 1.39. The van der Waals surface area contributed by atoms with E-state index in [0.717, 1.165) is 5.69 Å². The second-order valence-electron chi connectivity index (χ2n) is 4.60. The van der Waals surface area contributed by atoms with Gasteiger partial charge in [-0.25, -0.2) is 0 Å². The van der Waals surface area contributed by atoms with Crippen molar-refractivity contribution < 1.29 is 14.3 Å². The summed E-state index contributed by atoms with van der Waals surface area (Å²) in [5.74, 6) is -0.425. The Bertz CT molecular complexity index is 760.